The number of rotatable bonds is 4. The van der Waals surface area contributed by atoms with E-state index < -0.39 is 0 Å². The van der Waals surface area contributed by atoms with Gasteiger partial charge in [-0.25, -0.2) is 0 Å². The van der Waals surface area contributed by atoms with Gasteiger partial charge in [-0.1, -0.05) is 22.9 Å². The zero-order valence-electron chi connectivity index (χ0n) is 8.59. The molecular weight excluding hydrogens is 326 g/mol. The average molecular weight is 339 g/mol. The molecule has 0 aliphatic carbocycles. The van der Waals surface area contributed by atoms with Crippen LogP contribution in [0.4, 0.5) is 0 Å². The third-order valence-electron chi connectivity index (χ3n) is 1.92. The predicted molar refractivity (Wildman–Crippen MR) is 66.3 cm³/mol. The van der Waals surface area contributed by atoms with Crippen LogP contribution in [0, 0.1) is 0 Å². The van der Waals surface area contributed by atoms with E-state index in [9.17, 15) is 4.79 Å². The van der Waals surface area contributed by atoms with E-state index >= 15 is 0 Å². The van der Waals surface area contributed by atoms with Crippen LogP contribution in [0.2, 0.25) is 0 Å². The SMILES string of the molecule is CC(Br)CC(C)NC(=O)c1ccoc1Br. The highest BCUT2D eigenvalue weighted by Crippen LogP contribution is 2.17. The van der Waals surface area contributed by atoms with E-state index in [1.54, 1.807) is 6.07 Å². The van der Waals surface area contributed by atoms with Crippen LogP contribution < -0.4 is 5.32 Å². The summed E-state index contributed by atoms with van der Waals surface area (Å²) in [6, 6.07) is 1.78. The van der Waals surface area contributed by atoms with Crippen molar-refractivity contribution in [3.8, 4) is 0 Å². The molecule has 0 aromatic carbocycles. The van der Waals surface area contributed by atoms with Crippen molar-refractivity contribution >= 4 is 37.8 Å². The highest BCUT2D eigenvalue weighted by Gasteiger charge is 2.15. The molecule has 0 saturated carbocycles. The Hall–Kier alpha value is -0.290. The Balaban J connectivity index is 2.53. The second-order valence-corrected chi connectivity index (χ2v) is 5.78. The Morgan fingerprint density at radius 2 is 2.27 bits per heavy atom. The molecule has 2 unspecified atom stereocenters. The number of hydrogen-bond donors (Lipinski definition) is 1. The first-order valence-corrected chi connectivity index (χ1v) is 6.39. The van der Waals surface area contributed by atoms with Gasteiger partial charge in [0.1, 0.15) is 0 Å². The van der Waals surface area contributed by atoms with Gasteiger partial charge in [0.2, 0.25) is 0 Å². The first-order chi connectivity index (χ1) is 7.00. The minimum atomic E-state index is -0.115. The van der Waals surface area contributed by atoms with E-state index in [2.05, 4.69) is 44.1 Å². The highest BCUT2D eigenvalue weighted by atomic mass is 79.9. The van der Waals surface area contributed by atoms with Crippen molar-refractivity contribution < 1.29 is 9.21 Å². The summed E-state index contributed by atoms with van der Waals surface area (Å²) < 4.78 is 5.47. The van der Waals surface area contributed by atoms with E-state index in [0.717, 1.165) is 6.42 Å². The number of nitrogens with one attached hydrogen (secondary N) is 1. The first-order valence-electron chi connectivity index (χ1n) is 4.68. The summed E-state index contributed by atoms with van der Waals surface area (Å²) in [5.41, 5.74) is 0.532. The second-order valence-electron chi connectivity index (χ2n) is 3.50. The third kappa shape index (κ3) is 3.99. The zero-order chi connectivity index (χ0) is 11.4. The number of alkyl halides is 1. The Labute approximate surface area is 106 Å². The molecule has 15 heavy (non-hydrogen) atoms. The van der Waals surface area contributed by atoms with Crippen LogP contribution in [-0.2, 0) is 0 Å². The van der Waals surface area contributed by atoms with E-state index in [0.29, 0.717) is 15.1 Å². The van der Waals surface area contributed by atoms with Crippen LogP contribution in [0.15, 0.2) is 21.4 Å². The van der Waals surface area contributed by atoms with Crippen molar-refractivity contribution in [3.63, 3.8) is 0 Å². The molecule has 1 N–H and O–H groups in total. The van der Waals surface area contributed by atoms with Crippen LogP contribution in [0.5, 0.6) is 0 Å². The summed E-state index contributed by atoms with van der Waals surface area (Å²) in [4.78, 5) is 12.1. The van der Waals surface area contributed by atoms with Crippen LogP contribution in [0.1, 0.15) is 30.6 Å². The van der Waals surface area contributed by atoms with Gasteiger partial charge >= 0.3 is 0 Å². The number of amides is 1. The standard InChI is InChI=1S/C10H13Br2NO2/c1-6(11)5-7(2)13-10(14)8-3-4-15-9(8)12/h3-4,6-7H,5H2,1-2H3,(H,13,14). The molecule has 3 nitrogen and oxygen atoms in total. The number of carbonyl (C=O) groups excluding carboxylic acids is 1. The molecule has 1 aromatic rings. The van der Waals surface area contributed by atoms with E-state index in [1.807, 2.05) is 6.92 Å². The largest absolute Gasteiger partial charge is 0.457 e. The van der Waals surface area contributed by atoms with Gasteiger partial charge in [-0.05, 0) is 35.3 Å². The van der Waals surface area contributed by atoms with Gasteiger partial charge in [-0.15, -0.1) is 0 Å². The predicted octanol–water partition coefficient (Wildman–Crippen LogP) is 3.33. The Morgan fingerprint density at radius 3 is 2.73 bits per heavy atom. The summed E-state index contributed by atoms with van der Waals surface area (Å²) in [5, 5.41) is 2.90. The van der Waals surface area contributed by atoms with Gasteiger partial charge in [-0.2, -0.15) is 0 Å². The summed E-state index contributed by atoms with van der Waals surface area (Å²) in [6.07, 6.45) is 2.37. The number of furan rings is 1. The lowest BCUT2D eigenvalue weighted by atomic mass is 10.2. The molecule has 0 radical (unpaired) electrons. The molecule has 0 saturated heterocycles. The van der Waals surface area contributed by atoms with Crippen molar-refractivity contribution in [2.45, 2.75) is 31.1 Å². The smallest absolute Gasteiger partial charge is 0.255 e. The van der Waals surface area contributed by atoms with Crippen LogP contribution >= 0.6 is 31.9 Å². The molecule has 0 aliphatic heterocycles. The molecule has 1 aromatic heterocycles. The normalized spacial score (nSPS) is 14.7. The molecule has 84 valence electrons. The number of carbonyl (C=O) groups is 1. The molecule has 2 atom stereocenters. The molecular formula is C10H13Br2NO2. The Morgan fingerprint density at radius 1 is 1.60 bits per heavy atom. The molecule has 0 spiro atoms. The zero-order valence-corrected chi connectivity index (χ0v) is 11.8. The fourth-order valence-electron chi connectivity index (χ4n) is 1.30. The molecule has 1 rings (SSSR count). The van der Waals surface area contributed by atoms with Crippen molar-refractivity contribution in [1.29, 1.82) is 0 Å². The van der Waals surface area contributed by atoms with Crippen LogP contribution in [0.25, 0.3) is 0 Å². The molecule has 1 amide bonds. The lowest BCUT2D eigenvalue weighted by Crippen LogP contribution is -2.33. The number of halogens is 2. The van der Waals surface area contributed by atoms with Gasteiger partial charge in [0.05, 0.1) is 11.8 Å². The fraction of sp³-hybridized carbons (Fsp3) is 0.500. The first kappa shape index (κ1) is 12.8. The van der Waals surface area contributed by atoms with Crippen molar-refractivity contribution in [2.75, 3.05) is 0 Å². The van der Waals surface area contributed by atoms with Crippen molar-refractivity contribution in [2.24, 2.45) is 0 Å². The van der Waals surface area contributed by atoms with E-state index in [1.165, 1.54) is 6.26 Å². The third-order valence-corrected chi connectivity index (χ3v) is 2.91. The fourth-order valence-corrected chi connectivity index (χ4v) is 2.28. The van der Waals surface area contributed by atoms with E-state index in [-0.39, 0.29) is 11.9 Å². The molecule has 5 heteroatoms. The minimum Gasteiger partial charge on any atom is -0.457 e. The molecule has 0 aliphatic rings. The minimum absolute atomic E-state index is 0.115. The highest BCUT2D eigenvalue weighted by molar-refractivity contribution is 9.10. The monoisotopic (exact) mass is 337 g/mol. The van der Waals surface area contributed by atoms with Gasteiger partial charge in [0.25, 0.3) is 5.91 Å². The quantitative estimate of drug-likeness (QED) is 0.855. The average Bonchev–Trinajstić information content (AvgIpc) is 2.49. The maximum atomic E-state index is 11.7. The number of hydrogen-bond acceptors (Lipinski definition) is 2. The molecule has 0 bridgehead atoms. The molecule has 0 fully saturated rings. The van der Waals surface area contributed by atoms with E-state index in [4.69, 9.17) is 4.42 Å². The van der Waals surface area contributed by atoms with Gasteiger partial charge in [-0.3, -0.25) is 4.79 Å². The summed E-state index contributed by atoms with van der Waals surface area (Å²) >= 11 is 6.62. The Kier molecular flexibility index (Phi) is 4.86. The summed E-state index contributed by atoms with van der Waals surface area (Å²) in [5.74, 6) is -0.115. The van der Waals surface area contributed by atoms with Gasteiger partial charge in [0, 0.05) is 10.9 Å². The Bertz CT molecular complexity index is 336. The topological polar surface area (TPSA) is 42.2 Å². The second kappa shape index (κ2) is 5.70. The van der Waals surface area contributed by atoms with Crippen molar-refractivity contribution in [3.05, 3.63) is 22.6 Å². The van der Waals surface area contributed by atoms with Gasteiger partial charge < -0.3 is 9.73 Å². The van der Waals surface area contributed by atoms with Crippen LogP contribution in [-0.4, -0.2) is 16.8 Å². The lowest BCUT2D eigenvalue weighted by molar-refractivity contribution is 0.0937. The molecule has 1 heterocycles. The van der Waals surface area contributed by atoms with Gasteiger partial charge in [0.15, 0.2) is 4.67 Å². The summed E-state index contributed by atoms with van der Waals surface area (Å²) in [6.45, 7) is 4.03. The van der Waals surface area contributed by atoms with Crippen LogP contribution in [0.3, 0.4) is 0 Å². The maximum absolute atomic E-state index is 11.7. The maximum Gasteiger partial charge on any atom is 0.255 e. The summed E-state index contributed by atoms with van der Waals surface area (Å²) in [7, 11) is 0. The lowest BCUT2D eigenvalue weighted by Gasteiger charge is -2.14. The van der Waals surface area contributed by atoms with Crippen molar-refractivity contribution in [1.82, 2.24) is 5.32 Å².